The van der Waals surface area contributed by atoms with Gasteiger partial charge < -0.3 is 10.1 Å². The number of benzene rings is 2. The third kappa shape index (κ3) is 6.74. The molecule has 7 nitrogen and oxygen atoms in total. The normalized spacial score (nSPS) is 10.2. The van der Waals surface area contributed by atoms with Gasteiger partial charge in [-0.1, -0.05) is 29.8 Å². The van der Waals surface area contributed by atoms with Gasteiger partial charge in [-0.05, 0) is 48.5 Å². The van der Waals surface area contributed by atoms with E-state index in [-0.39, 0.29) is 18.4 Å². The number of amides is 3. The highest BCUT2D eigenvalue weighted by Gasteiger charge is 2.10. The molecule has 0 unspecified atom stereocenters. The molecular formula is C19H20BrN3O4. The van der Waals surface area contributed by atoms with Gasteiger partial charge >= 0.3 is 0 Å². The van der Waals surface area contributed by atoms with Gasteiger partial charge in [-0.3, -0.25) is 25.2 Å². The van der Waals surface area contributed by atoms with E-state index in [4.69, 9.17) is 4.74 Å². The van der Waals surface area contributed by atoms with Gasteiger partial charge in [0.05, 0.1) is 0 Å². The maximum absolute atomic E-state index is 12.0. The summed E-state index contributed by atoms with van der Waals surface area (Å²) in [5.41, 5.74) is 5.53. The molecule has 0 aliphatic carbocycles. The Labute approximate surface area is 165 Å². The molecule has 3 N–H and O–H groups in total. The van der Waals surface area contributed by atoms with Gasteiger partial charge in [-0.15, -0.1) is 0 Å². The molecule has 0 saturated heterocycles. The topological polar surface area (TPSA) is 96.5 Å². The zero-order valence-corrected chi connectivity index (χ0v) is 16.5. The molecule has 142 valence electrons. The van der Waals surface area contributed by atoms with Gasteiger partial charge in [0.2, 0.25) is 5.91 Å². The number of hydrogen-bond donors (Lipinski definition) is 3. The number of carbonyl (C=O) groups excluding carboxylic acids is 3. The van der Waals surface area contributed by atoms with Crippen molar-refractivity contribution in [1.82, 2.24) is 10.9 Å². The molecule has 0 fully saturated rings. The summed E-state index contributed by atoms with van der Waals surface area (Å²) in [6.07, 6.45) is 0. The van der Waals surface area contributed by atoms with Crippen molar-refractivity contribution >= 4 is 39.3 Å². The Kier molecular flexibility index (Phi) is 7.36. The van der Waals surface area contributed by atoms with Crippen LogP contribution in [-0.4, -0.2) is 24.3 Å². The van der Waals surface area contributed by atoms with Crippen molar-refractivity contribution in [1.29, 1.82) is 0 Å². The number of ether oxygens (including phenoxy) is 1. The molecule has 2 aromatic rings. The second kappa shape index (κ2) is 9.72. The van der Waals surface area contributed by atoms with Crippen LogP contribution in [0.5, 0.6) is 5.75 Å². The summed E-state index contributed by atoms with van der Waals surface area (Å²) in [4.78, 5) is 35.4. The largest absolute Gasteiger partial charge is 0.484 e. The Hall–Kier alpha value is -2.87. The number of hydrazine groups is 1. The van der Waals surface area contributed by atoms with Crippen LogP contribution in [0.3, 0.4) is 0 Å². The van der Waals surface area contributed by atoms with Crippen molar-refractivity contribution < 1.29 is 19.1 Å². The lowest BCUT2D eigenvalue weighted by Crippen LogP contribution is -2.43. The molecule has 0 aliphatic rings. The fraction of sp³-hybridized carbons (Fsp3) is 0.211. The number of rotatable bonds is 6. The second-order valence-corrected chi connectivity index (χ2v) is 6.88. The molecule has 0 aliphatic heterocycles. The first-order valence-corrected chi connectivity index (χ1v) is 9.03. The summed E-state index contributed by atoms with van der Waals surface area (Å²) in [5.74, 6) is -0.674. The number of carbonyl (C=O) groups is 3. The lowest BCUT2D eigenvalue weighted by Gasteiger charge is -2.10. The van der Waals surface area contributed by atoms with Crippen molar-refractivity contribution in [2.45, 2.75) is 13.8 Å². The predicted molar refractivity (Wildman–Crippen MR) is 105 cm³/mol. The van der Waals surface area contributed by atoms with Crippen molar-refractivity contribution in [3.63, 3.8) is 0 Å². The summed E-state index contributed by atoms with van der Waals surface area (Å²) in [7, 11) is 0. The molecule has 0 heterocycles. The minimum Gasteiger partial charge on any atom is -0.484 e. The summed E-state index contributed by atoms with van der Waals surface area (Å²) in [6, 6.07) is 13.4. The minimum atomic E-state index is -0.493. The lowest BCUT2D eigenvalue weighted by molar-refractivity contribution is -0.123. The first-order valence-electron chi connectivity index (χ1n) is 8.23. The molecule has 3 amide bonds. The van der Waals surface area contributed by atoms with Gasteiger partial charge in [0.15, 0.2) is 6.61 Å². The summed E-state index contributed by atoms with van der Waals surface area (Å²) in [6.45, 7) is 3.35. The third-order valence-corrected chi connectivity index (χ3v) is 3.97. The lowest BCUT2D eigenvalue weighted by atomic mass is 10.1. The van der Waals surface area contributed by atoms with Gasteiger partial charge in [0, 0.05) is 21.6 Å². The maximum Gasteiger partial charge on any atom is 0.276 e. The number of nitrogens with one attached hydrogen (secondary N) is 3. The summed E-state index contributed by atoms with van der Waals surface area (Å²) >= 11 is 3.31. The average Bonchev–Trinajstić information content (AvgIpc) is 2.66. The first-order chi connectivity index (χ1) is 12.8. The van der Waals surface area contributed by atoms with Crippen LogP contribution in [0.1, 0.15) is 24.2 Å². The van der Waals surface area contributed by atoms with Gasteiger partial charge in [0.1, 0.15) is 5.75 Å². The number of hydrogen-bond acceptors (Lipinski definition) is 4. The van der Waals surface area contributed by atoms with E-state index in [0.29, 0.717) is 17.0 Å². The average molecular weight is 434 g/mol. The van der Waals surface area contributed by atoms with E-state index in [1.165, 1.54) is 0 Å². The standard InChI is InChI=1S/C19H20BrN3O4/c1-12(2)18(25)21-15-7-3-13(4-8-15)19(26)23-22-17(24)11-27-16-9-5-14(20)6-10-16/h3-10,12H,11H2,1-2H3,(H,21,25)(H,22,24)(H,23,26). The molecule has 0 spiro atoms. The van der Waals surface area contributed by atoms with Crippen LogP contribution in [0.25, 0.3) is 0 Å². The third-order valence-electron chi connectivity index (χ3n) is 3.44. The number of anilines is 1. The molecule has 2 rings (SSSR count). The fourth-order valence-electron chi connectivity index (χ4n) is 1.91. The second-order valence-electron chi connectivity index (χ2n) is 5.97. The molecular weight excluding hydrogens is 414 g/mol. The Bertz CT molecular complexity index is 805. The SMILES string of the molecule is CC(C)C(=O)Nc1ccc(C(=O)NNC(=O)COc2ccc(Br)cc2)cc1. The quantitative estimate of drug-likeness (QED) is 0.610. The fourth-order valence-corrected chi connectivity index (χ4v) is 2.17. The van der Waals surface area contributed by atoms with E-state index >= 15 is 0 Å². The maximum atomic E-state index is 12.0. The molecule has 0 radical (unpaired) electrons. The van der Waals surface area contributed by atoms with Crippen LogP contribution >= 0.6 is 15.9 Å². The van der Waals surface area contributed by atoms with Crippen LogP contribution in [0.15, 0.2) is 53.0 Å². The zero-order valence-electron chi connectivity index (χ0n) is 14.9. The van der Waals surface area contributed by atoms with E-state index in [0.717, 1.165) is 4.47 Å². The van der Waals surface area contributed by atoms with Crippen LogP contribution in [0, 0.1) is 5.92 Å². The Morgan fingerprint density at radius 1 is 0.963 bits per heavy atom. The van der Waals surface area contributed by atoms with Crippen molar-refractivity contribution in [2.24, 2.45) is 5.92 Å². The minimum absolute atomic E-state index is 0.106. The number of halogens is 1. The predicted octanol–water partition coefficient (Wildman–Crippen LogP) is 2.88. The van der Waals surface area contributed by atoms with Gasteiger partial charge in [-0.2, -0.15) is 0 Å². The molecule has 0 atom stereocenters. The summed E-state index contributed by atoms with van der Waals surface area (Å²) < 4.78 is 6.21. The highest BCUT2D eigenvalue weighted by atomic mass is 79.9. The van der Waals surface area contributed by atoms with E-state index in [2.05, 4.69) is 32.1 Å². The Balaban J connectivity index is 1.78. The molecule has 8 heteroatoms. The molecule has 0 bridgehead atoms. The van der Waals surface area contributed by atoms with Gasteiger partial charge in [0.25, 0.3) is 11.8 Å². The van der Waals surface area contributed by atoms with Crippen LogP contribution in [0.4, 0.5) is 5.69 Å². The highest BCUT2D eigenvalue weighted by Crippen LogP contribution is 2.15. The van der Waals surface area contributed by atoms with E-state index in [1.807, 2.05) is 0 Å². The van der Waals surface area contributed by atoms with Gasteiger partial charge in [-0.25, -0.2) is 0 Å². The van der Waals surface area contributed by atoms with Crippen molar-refractivity contribution in [2.75, 3.05) is 11.9 Å². The van der Waals surface area contributed by atoms with Crippen LogP contribution < -0.4 is 20.9 Å². The van der Waals surface area contributed by atoms with Crippen molar-refractivity contribution in [3.8, 4) is 5.75 Å². The van der Waals surface area contributed by atoms with E-state index in [1.54, 1.807) is 62.4 Å². The van der Waals surface area contributed by atoms with E-state index < -0.39 is 11.8 Å². The monoisotopic (exact) mass is 433 g/mol. The first kappa shape index (κ1) is 20.4. The highest BCUT2D eigenvalue weighted by molar-refractivity contribution is 9.10. The van der Waals surface area contributed by atoms with Crippen LogP contribution in [-0.2, 0) is 9.59 Å². The Morgan fingerprint density at radius 2 is 1.59 bits per heavy atom. The van der Waals surface area contributed by atoms with Crippen LogP contribution in [0.2, 0.25) is 0 Å². The molecule has 0 aromatic heterocycles. The van der Waals surface area contributed by atoms with E-state index in [9.17, 15) is 14.4 Å². The molecule has 27 heavy (non-hydrogen) atoms. The van der Waals surface area contributed by atoms with Crippen molar-refractivity contribution in [3.05, 3.63) is 58.6 Å². The smallest absolute Gasteiger partial charge is 0.276 e. The Morgan fingerprint density at radius 3 is 2.19 bits per heavy atom. The zero-order chi connectivity index (χ0) is 19.8. The molecule has 0 saturated carbocycles. The summed E-state index contributed by atoms with van der Waals surface area (Å²) in [5, 5.41) is 2.73. The molecule has 2 aromatic carbocycles.